The number of nitrogens with two attached hydrogens (primary N) is 1. The quantitative estimate of drug-likeness (QED) is 0.201. The number of benzene rings is 1. The smallest absolute Gasteiger partial charge is 0.326 e. The van der Waals surface area contributed by atoms with Crippen LogP contribution < -0.4 is 21.7 Å². The maximum atomic E-state index is 12.5. The summed E-state index contributed by atoms with van der Waals surface area (Å²) in [7, 11) is 0. The minimum Gasteiger partial charge on any atom is -0.480 e. The van der Waals surface area contributed by atoms with Gasteiger partial charge in [-0.15, -0.1) is 0 Å². The molecule has 0 bridgehead atoms. The third-order valence-corrected chi connectivity index (χ3v) is 4.34. The molecule has 11 heteroatoms. The molecule has 29 heavy (non-hydrogen) atoms. The van der Waals surface area contributed by atoms with E-state index in [9.17, 15) is 29.4 Å². The molecule has 0 aliphatic rings. The van der Waals surface area contributed by atoms with E-state index in [0.29, 0.717) is 5.56 Å². The summed E-state index contributed by atoms with van der Waals surface area (Å²) in [5.74, 6) is -3.61. The second-order valence-electron chi connectivity index (χ2n) is 6.32. The zero-order valence-corrected chi connectivity index (χ0v) is 16.8. The topological polar surface area (TPSA) is 171 Å². The first-order chi connectivity index (χ1) is 13.7. The number of thiol groups is 1. The van der Waals surface area contributed by atoms with Crippen molar-refractivity contribution < 1.29 is 29.4 Å². The van der Waals surface area contributed by atoms with Crippen LogP contribution in [0.2, 0.25) is 0 Å². The number of aliphatic hydroxyl groups excluding tert-OH is 1. The van der Waals surface area contributed by atoms with Gasteiger partial charge in [0, 0.05) is 12.2 Å². The highest BCUT2D eigenvalue weighted by atomic mass is 32.1. The lowest BCUT2D eigenvalue weighted by molar-refractivity contribution is -0.142. The predicted octanol–water partition coefficient (Wildman–Crippen LogP) is -1.96. The van der Waals surface area contributed by atoms with Crippen molar-refractivity contribution in [3.8, 4) is 0 Å². The van der Waals surface area contributed by atoms with Crippen molar-refractivity contribution in [2.75, 3.05) is 12.3 Å². The summed E-state index contributed by atoms with van der Waals surface area (Å²) in [6.07, 6.45) is -1.20. The normalized spacial score (nSPS) is 14.8. The third kappa shape index (κ3) is 8.10. The van der Waals surface area contributed by atoms with Crippen LogP contribution in [0.4, 0.5) is 0 Å². The van der Waals surface area contributed by atoms with Crippen LogP contribution in [0.3, 0.4) is 0 Å². The number of amides is 3. The summed E-state index contributed by atoms with van der Waals surface area (Å²) in [6, 6.07) is 5.01. The minimum absolute atomic E-state index is 0.0536. The van der Waals surface area contributed by atoms with Gasteiger partial charge in [-0.3, -0.25) is 14.4 Å². The highest BCUT2D eigenvalue weighted by Gasteiger charge is 2.30. The molecule has 7 N–H and O–H groups in total. The molecule has 10 nitrogen and oxygen atoms in total. The van der Waals surface area contributed by atoms with Crippen LogP contribution in [-0.2, 0) is 25.6 Å². The van der Waals surface area contributed by atoms with E-state index in [2.05, 4.69) is 28.6 Å². The molecular formula is C18H26N4O6S. The molecule has 0 aliphatic carbocycles. The van der Waals surface area contributed by atoms with Crippen molar-refractivity contribution in [2.24, 2.45) is 5.73 Å². The Morgan fingerprint density at radius 1 is 1.03 bits per heavy atom. The molecule has 160 valence electrons. The first kappa shape index (κ1) is 24.4. The maximum absolute atomic E-state index is 12.5. The van der Waals surface area contributed by atoms with Crippen molar-refractivity contribution in [2.45, 2.75) is 37.6 Å². The molecule has 4 unspecified atom stereocenters. The zero-order chi connectivity index (χ0) is 22.0. The molecule has 3 amide bonds. The van der Waals surface area contributed by atoms with Gasteiger partial charge in [-0.05, 0) is 12.5 Å². The van der Waals surface area contributed by atoms with Crippen molar-refractivity contribution in [3.63, 3.8) is 0 Å². The van der Waals surface area contributed by atoms with Gasteiger partial charge in [0.15, 0.2) is 0 Å². The monoisotopic (exact) mass is 426 g/mol. The predicted molar refractivity (Wildman–Crippen MR) is 108 cm³/mol. The molecule has 0 spiro atoms. The molecule has 0 radical (unpaired) electrons. The van der Waals surface area contributed by atoms with Gasteiger partial charge in [-0.25, -0.2) is 4.79 Å². The first-order valence-corrected chi connectivity index (χ1v) is 9.48. The van der Waals surface area contributed by atoms with Crippen molar-refractivity contribution in [1.82, 2.24) is 16.0 Å². The second kappa shape index (κ2) is 12.0. The Bertz CT molecular complexity index is 716. The van der Waals surface area contributed by atoms with Crippen molar-refractivity contribution in [3.05, 3.63) is 35.9 Å². The SMILES string of the molecule is CC(O)C(NC(=O)CN)C(=O)NC(CS)C(=O)NC(Cc1ccccc1)C(=O)O. The van der Waals surface area contributed by atoms with E-state index in [1.54, 1.807) is 30.3 Å². The van der Waals surface area contributed by atoms with Crippen LogP contribution in [0.1, 0.15) is 12.5 Å². The number of carbonyl (C=O) groups excluding carboxylic acids is 3. The summed E-state index contributed by atoms with van der Waals surface area (Å²) in [6.45, 7) is 0.907. The number of carboxylic acids is 1. The fourth-order valence-corrected chi connectivity index (χ4v) is 2.67. The number of hydrogen-bond acceptors (Lipinski definition) is 7. The number of aliphatic hydroxyl groups is 1. The van der Waals surface area contributed by atoms with E-state index < -0.39 is 47.9 Å². The molecule has 1 aromatic rings. The van der Waals surface area contributed by atoms with Gasteiger partial charge >= 0.3 is 5.97 Å². The molecule has 0 aromatic heterocycles. The van der Waals surface area contributed by atoms with Crippen LogP contribution in [0.5, 0.6) is 0 Å². The molecule has 1 aromatic carbocycles. The number of carbonyl (C=O) groups is 4. The lowest BCUT2D eigenvalue weighted by Crippen LogP contribution is -2.59. The van der Waals surface area contributed by atoms with Crippen molar-refractivity contribution in [1.29, 1.82) is 0 Å². The van der Waals surface area contributed by atoms with Crippen LogP contribution in [0, 0.1) is 0 Å². The van der Waals surface area contributed by atoms with E-state index >= 15 is 0 Å². The minimum atomic E-state index is -1.33. The highest BCUT2D eigenvalue weighted by Crippen LogP contribution is 2.04. The number of nitrogens with one attached hydrogen (secondary N) is 3. The fourth-order valence-electron chi connectivity index (χ4n) is 2.42. The fraction of sp³-hybridized carbons (Fsp3) is 0.444. The van der Waals surface area contributed by atoms with Gasteiger partial charge in [-0.1, -0.05) is 30.3 Å². The number of rotatable bonds is 11. The Labute approximate surface area is 173 Å². The van der Waals surface area contributed by atoms with Gasteiger partial charge in [0.2, 0.25) is 17.7 Å². The van der Waals surface area contributed by atoms with Crippen LogP contribution in [0.25, 0.3) is 0 Å². The Kier molecular flexibility index (Phi) is 10.1. The first-order valence-electron chi connectivity index (χ1n) is 8.85. The molecular weight excluding hydrogens is 400 g/mol. The van der Waals surface area contributed by atoms with Gasteiger partial charge in [-0.2, -0.15) is 12.6 Å². The van der Waals surface area contributed by atoms with E-state index in [-0.39, 0.29) is 18.7 Å². The maximum Gasteiger partial charge on any atom is 0.326 e. The van der Waals surface area contributed by atoms with E-state index in [0.717, 1.165) is 0 Å². The summed E-state index contributed by atoms with van der Waals surface area (Å²) < 4.78 is 0. The van der Waals surface area contributed by atoms with E-state index in [4.69, 9.17) is 5.73 Å². The molecule has 1 rings (SSSR count). The van der Waals surface area contributed by atoms with Crippen LogP contribution >= 0.6 is 12.6 Å². The third-order valence-electron chi connectivity index (χ3n) is 3.98. The molecule has 0 heterocycles. The van der Waals surface area contributed by atoms with Crippen LogP contribution in [0.15, 0.2) is 30.3 Å². The number of aliphatic carboxylic acids is 1. The van der Waals surface area contributed by atoms with Gasteiger partial charge in [0.25, 0.3) is 0 Å². The average Bonchev–Trinajstić information content (AvgIpc) is 2.69. The zero-order valence-electron chi connectivity index (χ0n) is 15.9. The largest absolute Gasteiger partial charge is 0.480 e. The van der Waals surface area contributed by atoms with Gasteiger partial charge < -0.3 is 31.9 Å². The lowest BCUT2D eigenvalue weighted by atomic mass is 10.1. The molecule has 0 aliphatic heterocycles. The van der Waals surface area contributed by atoms with Gasteiger partial charge in [0.1, 0.15) is 18.1 Å². The Morgan fingerprint density at radius 2 is 1.62 bits per heavy atom. The van der Waals surface area contributed by atoms with E-state index in [1.165, 1.54) is 6.92 Å². The molecule has 0 fully saturated rings. The molecule has 4 atom stereocenters. The van der Waals surface area contributed by atoms with Crippen LogP contribution in [-0.4, -0.2) is 70.4 Å². The average molecular weight is 426 g/mol. The van der Waals surface area contributed by atoms with E-state index in [1.807, 2.05) is 0 Å². The molecule has 0 saturated carbocycles. The molecule has 0 saturated heterocycles. The Hall–Kier alpha value is -2.63. The Morgan fingerprint density at radius 3 is 2.10 bits per heavy atom. The standard InChI is InChI=1S/C18H26N4O6S/c1-10(23)15(22-14(24)8-19)17(26)21-13(9-29)16(25)20-12(18(27)28)7-11-5-3-2-4-6-11/h2-6,10,12-13,15,23,29H,7-9,19H2,1H3,(H,20,25)(H,21,26)(H,22,24)(H,27,28). The Balaban J connectivity index is 2.81. The summed E-state index contributed by atoms with van der Waals surface area (Å²) >= 11 is 4.02. The number of carboxylic acid groups (broad SMARTS) is 1. The van der Waals surface area contributed by atoms with Gasteiger partial charge in [0.05, 0.1) is 12.6 Å². The lowest BCUT2D eigenvalue weighted by Gasteiger charge is -2.24. The summed E-state index contributed by atoms with van der Waals surface area (Å²) in [5.41, 5.74) is 5.90. The summed E-state index contributed by atoms with van der Waals surface area (Å²) in [4.78, 5) is 47.8. The summed E-state index contributed by atoms with van der Waals surface area (Å²) in [5, 5.41) is 26.1. The second-order valence-corrected chi connectivity index (χ2v) is 6.69. The highest BCUT2D eigenvalue weighted by molar-refractivity contribution is 7.80. The number of hydrogen-bond donors (Lipinski definition) is 7. The van der Waals surface area contributed by atoms with Crippen molar-refractivity contribution >= 4 is 36.3 Å².